The summed E-state index contributed by atoms with van der Waals surface area (Å²) in [5.74, 6) is -2.39. The van der Waals surface area contributed by atoms with Crippen LogP contribution >= 0.6 is 34.7 Å². The molecule has 3 aromatic rings. The number of benzene rings is 2. The number of carbonyl (C=O) groups excluding carboxylic acids is 3. The van der Waals surface area contributed by atoms with E-state index in [9.17, 15) is 19.2 Å². The van der Waals surface area contributed by atoms with Crippen molar-refractivity contribution in [3.63, 3.8) is 0 Å². The Hall–Kier alpha value is -2.88. The fraction of sp³-hybridized carbons (Fsp3) is 0.250. The molecule has 2 aliphatic heterocycles. The van der Waals surface area contributed by atoms with Crippen molar-refractivity contribution in [3.8, 4) is 0 Å². The highest BCUT2D eigenvalue weighted by Crippen LogP contribution is 2.53. The average molecular weight is 515 g/mol. The van der Waals surface area contributed by atoms with Gasteiger partial charge in [-0.1, -0.05) is 65.0 Å². The number of thiazole rings is 1. The second kappa shape index (κ2) is 9.05. The number of thioether (sulfide) groups is 1. The third kappa shape index (κ3) is 3.77. The molecule has 0 saturated carbocycles. The van der Waals surface area contributed by atoms with E-state index >= 15 is 0 Å². The van der Waals surface area contributed by atoms with Gasteiger partial charge in [-0.3, -0.25) is 23.7 Å². The molecule has 0 radical (unpaired) electrons. The molecule has 0 N–H and O–H groups in total. The number of hydrogen-bond donors (Lipinski definition) is 0. The van der Waals surface area contributed by atoms with Crippen LogP contribution in [-0.2, 0) is 25.7 Å². The molecule has 0 aliphatic carbocycles. The number of fused-ring (bicyclic) bond motifs is 2. The van der Waals surface area contributed by atoms with Crippen molar-refractivity contribution >= 4 is 58.2 Å². The molecular weight excluding hydrogens is 496 g/mol. The number of esters is 1. The summed E-state index contributed by atoms with van der Waals surface area (Å²) in [6.07, 6.45) is 0. The predicted octanol–water partition coefficient (Wildman–Crippen LogP) is 3.92. The fourth-order valence-electron chi connectivity index (χ4n) is 4.45. The second-order valence-electron chi connectivity index (χ2n) is 7.87. The van der Waals surface area contributed by atoms with Crippen molar-refractivity contribution in [3.05, 3.63) is 79.7 Å². The molecule has 2 amide bonds. The van der Waals surface area contributed by atoms with Crippen molar-refractivity contribution in [1.29, 1.82) is 0 Å². The molecular formula is C24H19ClN2O5S2. The molecule has 1 saturated heterocycles. The Bertz CT molecular complexity index is 1340. The van der Waals surface area contributed by atoms with E-state index in [-0.39, 0.29) is 29.8 Å². The van der Waals surface area contributed by atoms with Gasteiger partial charge in [-0.15, -0.1) is 0 Å². The van der Waals surface area contributed by atoms with Gasteiger partial charge >= 0.3 is 10.8 Å². The van der Waals surface area contributed by atoms with Crippen LogP contribution in [0.25, 0.3) is 0 Å². The van der Waals surface area contributed by atoms with E-state index in [0.29, 0.717) is 20.6 Å². The number of amides is 2. The zero-order valence-corrected chi connectivity index (χ0v) is 20.4. The van der Waals surface area contributed by atoms with Crippen LogP contribution in [0.3, 0.4) is 0 Å². The molecule has 3 atom stereocenters. The van der Waals surface area contributed by atoms with E-state index in [4.69, 9.17) is 16.3 Å². The third-order valence-electron chi connectivity index (χ3n) is 5.89. The smallest absolute Gasteiger partial charge is 0.326 e. The summed E-state index contributed by atoms with van der Waals surface area (Å²) >= 11 is 8.27. The van der Waals surface area contributed by atoms with Crippen LogP contribution < -0.4 is 9.77 Å². The topological polar surface area (TPSA) is 85.7 Å². The lowest BCUT2D eigenvalue weighted by Crippen LogP contribution is -2.32. The van der Waals surface area contributed by atoms with Gasteiger partial charge in [-0.25, -0.2) is 4.90 Å². The lowest BCUT2D eigenvalue weighted by molar-refractivity contribution is -0.144. The summed E-state index contributed by atoms with van der Waals surface area (Å²) in [7, 11) is 0. The number of carbonyl (C=O) groups is 3. The lowest BCUT2D eigenvalue weighted by Gasteiger charge is -2.30. The monoisotopic (exact) mass is 514 g/mol. The Morgan fingerprint density at radius 3 is 2.41 bits per heavy atom. The van der Waals surface area contributed by atoms with Gasteiger partial charge in [0.15, 0.2) is 0 Å². The number of aromatic nitrogens is 1. The maximum atomic E-state index is 13.7. The summed E-state index contributed by atoms with van der Waals surface area (Å²) in [5.41, 5.74) is 1.29. The van der Waals surface area contributed by atoms with Crippen molar-refractivity contribution in [2.24, 2.45) is 5.92 Å². The van der Waals surface area contributed by atoms with Gasteiger partial charge in [-0.05, 0) is 36.8 Å². The Morgan fingerprint density at radius 1 is 1.03 bits per heavy atom. The molecule has 7 nitrogen and oxygen atoms in total. The Balaban J connectivity index is 1.65. The van der Waals surface area contributed by atoms with Crippen LogP contribution in [0.4, 0.5) is 5.69 Å². The van der Waals surface area contributed by atoms with Gasteiger partial charge in [0, 0.05) is 15.8 Å². The van der Waals surface area contributed by atoms with Crippen LogP contribution in [0.1, 0.15) is 23.3 Å². The number of anilines is 1. The van der Waals surface area contributed by atoms with E-state index < -0.39 is 23.1 Å². The number of hydrogen-bond acceptors (Lipinski definition) is 7. The first-order chi connectivity index (χ1) is 16.4. The maximum Gasteiger partial charge on any atom is 0.326 e. The summed E-state index contributed by atoms with van der Waals surface area (Å²) in [6, 6.07) is 15.9. The van der Waals surface area contributed by atoms with Crippen LogP contribution in [-0.4, -0.2) is 34.2 Å². The zero-order valence-electron chi connectivity index (χ0n) is 18.0. The Morgan fingerprint density at radius 2 is 1.74 bits per heavy atom. The van der Waals surface area contributed by atoms with Crippen molar-refractivity contribution in [1.82, 2.24) is 4.57 Å². The molecule has 1 aromatic heterocycles. The van der Waals surface area contributed by atoms with Crippen LogP contribution in [0, 0.1) is 5.92 Å². The fourth-order valence-corrected chi connectivity index (χ4v) is 7.35. The first-order valence-electron chi connectivity index (χ1n) is 10.6. The second-order valence-corrected chi connectivity index (χ2v) is 10.4. The first-order valence-corrected chi connectivity index (χ1v) is 12.7. The quantitative estimate of drug-likeness (QED) is 0.379. The van der Waals surface area contributed by atoms with Crippen molar-refractivity contribution in [2.45, 2.75) is 29.7 Å². The summed E-state index contributed by atoms with van der Waals surface area (Å²) in [4.78, 5) is 53.9. The third-order valence-corrected chi connectivity index (χ3v) is 8.74. The Labute approximate surface area is 208 Å². The van der Waals surface area contributed by atoms with Crippen molar-refractivity contribution < 1.29 is 19.1 Å². The number of imide groups is 1. The van der Waals surface area contributed by atoms with Gasteiger partial charge in [0.1, 0.15) is 11.8 Å². The van der Waals surface area contributed by atoms with E-state index in [1.54, 1.807) is 43.3 Å². The highest BCUT2D eigenvalue weighted by molar-refractivity contribution is 8.00. The van der Waals surface area contributed by atoms with Crippen LogP contribution in [0.15, 0.2) is 64.4 Å². The normalized spacial score (nSPS) is 21.4. The average Bonchev–Trinajstić information content (AvgIpc) is 3.26. The van der Waals surface area contributed by atoms with Crippen molar-refractivity contribution in [2.75, 3.05) is 11.5 Å². The first kappa shape index (κ1) is 22.9. The maximum absolute atomic E-state index is 13.7. The number of para-hydroxylation sites is 1. The van der Waals surface area contributed by atoms with Gasteiger partial charge in [0.05, 0.1) is 23.2 Å². The molecule has 0 spiro atoms. The van der Waals surface area contributed by atoms with Crippen LogP contribution in [0.2, 0.25) is 5.02 Å². The largest absolute Gasteiger partial charge is 0.465 e. The summed E-state index contributed by atoms with van der Waals surface area (Å²) in [5, 5.41) is 0.335. The molecule has 0 bridgehead atoms. The standard InChI is InChI=1S/C24H19ClN2O5S2/c1-2-32-16(28)12-26-23-20(34-24(26)31)17(13-8-10-14(25)11-9-13)18-19(33-23)22(30)27(21(18)29)15-6-4-3-5-7-15/h3-11,17-19H,2,12H2,1H3/t17-,18?,19?/m1/s1. The molecule has 2 aromatic carbocycles. The van der Waals surface area contributed by atoms with E-state index in [1.807, 2.05) is 18.2 Å². The summed E-state index contributed by atoms with van der Waals surface area (Å²) in [6.45, 7) is 1.64. The molecule has 1 fully saturated rings. The Kier molecular flexibility index (Phi) is 6.09. The van der Waals surface area contributed by atoms with E-state index in [2.05, 4.69) is 0 Å². The molecule has 10 heteroatoms. The number of halogens is 1. The van der Waals surface area contributed by atoms with Gasteiger partial charge in [0.25, 0.3) is 0 Å². The number of rotatable bonds is 5. The number of nitrogens with zero attached hydrogens (tertiary/aromatic N) is 2. The highest BCUT2D eigenvalue weighted by atomic mass is 35.5. The minimum Gasteiger partial charge on any atom is -0.465 e. The minimum absolute atomic E-state index is 0.199. The predicted molar refractivity (Wildman–Crippen MR) is 131 cm³/mol. The molecule has 5 rings (SSSR count). The van der Waals surface area contributed by atoms with Crippen LogP contribution in [0.5, 0.6) is 0 Å². The molecule has 3 heterocycles. The van der Waals surface area contributed by atoms with Gasteiger partial charge in [0.2, 0.25) is 11.8 Å². The van der Waals surface area contributed by atoms with E-state index in [0.717, 1.165) is 16.9 Å². The number of ether oxygens (including phenoxy) is 1. The molecule has 2 aliphatic rings. The molecule has 2 unspecified atom stereocenters. The zero-order chi connectivity index (χ0) is 24.0. The highest BCUT2D eigenvalue weighted by Gasteiger charge is 2.56. The minimum atomic E-state index is -0.733. The van der Waals surface area contributed by atoms with E-state index in [1.165, 1.54) is 21.2 Å². The van der Waals surface area contributed by atoms with Gasteiger partial charge < -0.3 is 4.74 Å². The SMILES string of the molecule is CCOC(=O)Cn1c2c(sc1=O)[C@H](c1ccc(Cl)cc1)C1C(=O)N(c3ccccc3)C(=O)C1S2. The molecule has 174 valence electrons. The lowest BCUT2D eigenvalue weighted by atomic mass is 9.83. The molecule has 34 heavy (non-hydrogen) atoms. The van der Waals surface area contributed by atoms with Gasteiger partial charge in [-0.2, -0.15) is 0 Å². The summed E-state index contributed by atoms with van der Waals surface area (Å²) < 4.78 is 6.39.